The molecule has 0 spiro atoms. The van der Waals surface area contributed by atoms with Gasteiger partial charge in [-0.3, -0.25) is 15.2 Å². The van der Waals surface area contributed by atoms with E-state index in [0.29, 0.717) is 21.6 Å². The SMILES string of the molecule is CN(C)C(=N)c1ccc(-c2ncccc2CNC(=O)c2ccc(Cl)s2)cc1. The Morgan fingerprint density at radius 1 is 1.19 bits per heavy atom. The van der Waals surface area contributed by atoms with E-state index in [2.05, 4.69) is 10.3 Å². The first-order valence-corrected chi connectivity index (χ1v) is 9.49. The molecule has 1 amide bonds. The predicted octanol–water partition coefficient (Wildman–Crippen LogP) is 4.28. The lowest BCUT2D eigenvalue weighted by atomic mass is 10.0. The minimum absolute atomic E-state index is 0.156. The lowest BCUT2D eigenvalue weighted by molar-refractivity contribution is 0.0955. The van der Waals surface area contributed by atoms with Gasteiger partial charge >= 0.3 is 0 Å². The van der Waals surface area contributed by atoms with Gasteiger partial charge in [-0.1, -0.05) is 41.9 Å². The molecule has 0 radical (unpaired) electrons. The zero-order valence-corrected chi connectivity index (χ0v) is 16.6. The van der Waals surface area contributed by atoms with E-state index in [1.165, 1.54) is 11.3 Å². The highest BCUT2D eigenvalue weighted by Gasteiger charge is 2.12. The van der Waals surface area contributed by atoms with Crippen LogP contribution >= 0.6 is 22.9 Å². The first-order chi connectivity index (χ1) is 13.0. The summed E-state index contributed by atoms with van der Waals surface area (Å²) in [4.78, 5) is 19.1. The number of carbonyl (C=O) groups is 1. The maximum Gasteiger partial charge on any atom is 0.261 e. The summed E-state index contributed by atoms with van der Waals surface area (Å²) in [6, 6.07) is 14.9. The fourth-order valence-electron chi connectivity index (χ4n) is 2.58. The fraction of sp³-hybridized carbons (Fsp3) is 0.150. The molecular formula is C20H19ClN4OS. The minimum Gasteiger partial charge on any atom is -0.363 e. The molecule has 5 nitrogen and oxygen atoms in total. The number of amidine groups is 1. The van der Waals surface area contributed by atoms with Crippen LogP contribution in [0.25, 0.3) is 11.3 Å². The molecule has 2 aromatic heterocycles. The van der Waals surface area contributed by atoms with Crippen molar-refractivity contribution in [2.75, 3.05) is 14.1 Å². The largest absolute Gasteiger partial charge is 0.363 e. The minimum atomic E-state index is -0.156. The number of carbonyl (C=O) groups excluding carboxylic acids is 1. The normalized spacial score (nSPS) is 10.5. The number of nitrogens with zero attached hydrogens (tertiary/aromatic N) is 2. The first kappa shape index (κ1) is 19.1. The van der Waals surface area contributed by atoms with E-state index in [1.807, 2.05) is 50.5 Å². The second kappa shape index (κ2) is 8.33. The molecule has 1 aromatic carbocycles. The number of thiophene rings is 1. The van der Waals surface area contributed by atoms with Crippen molar-refractivity contribution in [1.29, 1.82) is 5.41 Å². The summed E-state index contributed by atoms with van der Waals surface area (Å²) >= 11 is 7.14. The summed E-state index contributed by atoms with van der Waals surface area (Å²) in [5.74, 6) is 0.293. The van der Waals surface area contributed by atoms with E-state index < -0.39 is 0 Å². The van der Waals surface area contributed by atoms with Gasteiger partial charge in [-0.05, 0) is 23.8 Å². The molecule has 0 aliphatic heterocycles. The molecule has 7 heteroatoms. The molecule has 2 N–H and O–H groups in total. The zero-order valence-electron chi connectivity index (χ0n) is 15.0. The second-order valence-corrected chi connectivity index (χ2v) is 7.83. The Hall–Kier alpha value is -2.70. The third-order valence-corrected chi connectivity index (χ3v) is 5.24. The lowest BCUT2D eigenvalue weighted by Crippen LogP contribution is -2.22. The number of hydrogen-bond acceptors (Lipinski definition) is 4. The number of hydrogen-bond donors (Lipinski definition) is 2. The number of pyridine rings is 1. The smallest absolute Gasteiger partial charge is 0.261 e. The van der Waals surface area contributed by atoms with Crippen LogP contribution in [0.4, 0.5) is 0 Å². The van der Waals surface area contributed by atoms with Crippen LogP contribution in [0.5, 0.6) is 0 Å². The molecule has 0 saturated heterocycles. The van der Waals surface area contributed by atoms with Crippen LogP contribution in [0.3, 0.4) is 0 Å². The Bertz CT molecular complexity index is 966. The highest BCUT2D eigenvalue weighted by atomic mass is 35.5. The number of rotatable bonds is 5. The monoisotopic (exact) mass is 398 g/mol. The van der Waals surface area contributed by atoms with Gasteiger partial charge in [-0.2, -0.15) is 0 Å². The lowest BCUT2D eigenvalue weighted by Gasteiger charge is -2.14. The summed E-state index contributed by atoms with van der Waals surface area (Å²) in [5, 5.41) is 11.0. The van der Waals surface area contributed by atoms with Gasteiger partial charge in [0.05, 0.1) is 14.9 Å². The molecule has 0 atom stereocenters. The molecular weight excluding hydrogens is 380 g/mol. The van der Waals surface area contributed by atoms with Gasteiger partial charge in [0.15, 0.2) is 0 Å². The topological polar surface area (TPSA) is 69.1 Å². The van der Waals surface area contributed by atoms with Crippen LogP contribution in [0, 0.1) is 5.41 Å². The van der Waals surface area contributed by atoms with E-state index in [-0.39, 0.29) is 5.91 Å². The van der Waals surface area contributed by atoms with Crippen molar-refractivity contribution in [3.63, 3.8) is 0 Å². The van der Waals surface area contributed by atoms with Crippen molar-refractivity contribution in [2.45, 2.75) is 6.54 Å². The molecule has 27 heavy (non-hydrogen) atoms. The predicted molar refractivity (Wildman–Crippen MR) is 111 cm³/mol. The van der Waals surface area contributed by atoms with E-state index >= 15 is 0 Å². The molecule has 0 unspecified atom stereocenters. The second-order valence-electron chi connectivity index (χ2n) is 6.12. The summed E-state index contributed by atoms with van der Waals surface area (Å²) in [5.41, 5.74) is 3.51. The average molecular weight is 399 g/mol. The molecule has 3 aromatic rings. The number of nitrogens with one attached hydrogen (secondary N) is 2. The Kier molecular flexibility index (Phi) is 5.88. The van der Waals surface area contributed by atoms with E-state index in [4.69, 9.17) is 17.0 Å². The van der Waals surface area contributed by atoms with Crippen LogP contribution in [-0.2, 0) is 6.54 Å². The van der Waals surface area contributed by atoms with Crippen molar-refractivity contribution in [2.24, 2.45) is 0 Å². The Balaban J connectivity index is 1.77. The van der Waals surface area contributed by atoms with Gasteiger partial charge in [0.2, 0.25) is 0 Å². The highest BCUT2D eigenvalue weighted by Crippen LogP contribution is 2.23. The molecule has 0 saturated carbocycles. The van der Waals surface area contributed by atoms with Gasteiger partial charge in [0, 0.05) is 38.0 Å². The maximum absolute atomic E-state index is 12.3. The Morgan fingerprint density at radius 3 is 2.56 bits per heavy atom. The van der Waals surface area contributed by atoms with Crippen LogP contribution in [0.1, 0.15) is 20.8 Å². The van der Waals surface area contributed by atoms with Gasteiger partial charge in [-0.15, -0.1) is 11.3 Å². The van der Waals surface area contributed by atoms with Gasteiger partial charge < -0.3 is 10.2 Å². The number of amides is 1. The molecule has 3 rings (SSSR count). The van der Waals surface area contributed by atoms with Crippen LogP contribution in [0.15, 0.2) is 54.7 Å². The van der Waals surface area contributed by atoms with Crippen LogP contribution < -0.4 is 5.32 Å². The molecule has 2 heterocycles. The van der Waals surface area contributed by atoms with Crippen molar-refractivity contribution in [1.82, 2.24) is 15.2 Å². The van der Waals surface area contributed by atoms with Gasteiger partial charge in [0.1, 0.15) is 5.84 Å². The van der Waals surface area contributed by atoms with Crippen molar-refractivity contribution in [3.8, 4) is 11.3 Å². The number of halogens is 1. The molecule has 0 aliphatic rings. The Labute approximate surface area is 167 Å². The molecule has 138 valence electrons. The quantitative estimate of drug-likeness (QED) is 0.497. The van der Waals surface area contributed by atoms with Crippen LogP contribution in [-0.4, -0.2) is 35.7 Å². The van der Waals surface area contributed by atoms with Gasteiger partial charge in [0.25, 0.3) is 5.91 Å². The van der Waals surface area contributed by atoms with E-state index in [1.54, 1.807) is 23.2 Å². The van der Waals surface area contributed by atoms with Crippen LogP contribution in [0.2, 0.25) is 4.34 Å². The Morgan fingerprint density at radius 2 is 1.93 bits per heavy atom. The summed E-state index contributed by atoms with van der Waals surface area (Å²) in [7, 11) is 3.69. The van der Waals surface area contributed by atoms with Crippen molar-refractivity contribution < 1.29 is 4.79 Å². The van der Waals surface area contributed by atoms with Crippen molar-refractivity contribution in [3.05, 3.63) is 75.1 Å². The van der Waals surface area contributed by atoms with Gasteiger partial charge in [-0.25, -0.2) is 0 Å². The van der Waals surface area contributed by atoms with E-state index in [0.717, 1.165) is 22.4 Å². The standard InChI is InChI=1S/C20H19ClN4OS/c1-25(2)19(22)14-7-5-13(6-8-14)18-15(4-3-11-23-18)12-24-20(26)16-9-10-17(21)27-16/h3-11,22H,12H2,1-2H3,(H,24,26). The van der Waals surface area contributed by atoms with Crippen molar-refractivity contribution >= 4 is 34.7 Å². The third kappa shape index (κ3) is 4.53. The average Bonchev–Trinajstić information content (AvgIpc) is 3.12. The number of benzene rings is 1. The summed E-state index contributed by atoms with van der Waals surface area (Å²) in [6.07, 6.45) is 1.73. The fourth-order valence-corrected chi connectivity index (χ4v) is 3.54. The molecule has 0 bridgehead atoms. The molecule has 0 fully saturated rings. The molecule has 0 aliphatic carbocycles. The maximum atomic E-state index is 12.3. The number of aromatic nitrogens is 1. The zero-order chi connectivity index (χ0) is 19.4. The summed E-state index contributed by atoms with van der Waals surface area (Å²) in [6.45, 7) is 0.368. The first-order valence-electron chi connectivity index (χ1n) is 8.30. The summed E-state index contributed by atoms with van der Waals surface area (Å²) < 4.78 is 0.589. The highest BCUT2D eigenvalue weighted by molar-refractivity contribution is 7.17. The third-order valence-electron chi connectivity index (χ3n) is 4.01. The van der Waals surface area contributed by atoms with E-state index in [9.17, 15) is 4.79 Å².